The first-order chi connectivity index (χ1) is 10.2. The molecule has 106 valence electrons. The molecule has 21 heavy (non-hydrogen) atoms. The fraction of sp³-hybridized carbons (Fsp3) is 0.0667. The summed E-state index contributed by atoms with van der Waals surface area (Å²) in [6, 6.07) is 10.9. The number of nitrogens with zero attached hydrogens (tertiary/aromatic N) is 1. The average molecular weight is 299 g/mol. The molecule has 0 aliphatic rings. The summed E-state index contributed by atoms with van der Waals surface area (Å²) in [6.07, 6.45) is 0. The van der Waals surface area contributed by atoms with Crippen molar-refractivity contribution in [3.63, 3.8) is 0 Å². The Morgan fingerprint density at radius 1 is 1.33 bits per heavy atom. The molecule has 6 heteroatoms. The molecule has 0 atom stereocenters. The van der Waals surface area contributed by atoms with E-state index in [1.165, 1.54) is 7.11 Å². The topological polar surface area (TPSA) is 77.2 Å². The molecule has 0 bridgehead atoms. The summed E-state index contributed by atoms with van der Waals surface area (Å²) in [6.45, 7) is 0. The number of anilines is 3. The van der Waals surface area contributed by atoms with Crippen LogP contribution in [0.4, 0.5) is 17.1 Å². The minimum Gasteiger partial charge on any atom is -0.465 e. The van der Waals surface area contributed by atoms with Gasteiger partial charge in [0, 0.05) is 5.69 Å². The molecule has 1 heterocycles. The van der Waals surface area contributed by atoms with Gasteiger partial charge in [-0.1, -0.05) is 6.07 Å². The van der Waals surface area contributed by atoms with E-state index in [0.29, 0.717) is 16.9 Å². The van der Waals surface area contributed by atoms with Crippen molar-refractivity contribution in [2.75, 3.05) is 18.2 Å². The van der Waals surface area contributed by atoms with Crippen LogP contribution in [0.5, 0.6) is 0 Å². The van der Waals surface area contributed by atoms with Gasteiger partial charge in [-0.3, -0.25) is 0 Å². The van der Waals surface area contributed by atoms with Crippen LogP contribution in [0.1, 0.15) is 10.4 Å². The second kappa shape index (κ2) is 5.41. The summed E-state index contributed by atoms with van der Waals surface area (Å²) < 4.78 is 5.85. The highest BCUT2D eigenvalue weighted by atomic mass is 32.1. The van der Waals surface area contributed by atoms with Crippen LogP contribution in [0.3, 0.4) is 0 Å². The molecule has 0 amide bonds. The van der Waals surface area contributed by atoms with Crippen molar-refractivity contribution in [1.29, 1.82) is 0 Å². The molecule has 0 aliphatic carbocycles. The third-order valence-electron chi connectivity index (χ3n) is 3.10. The number of esters is 1. The normalized spacial score (nSPS) is 10.5. The van der Waals surface area contributed by atoms with Crippen LogP contribution in [-0.4, -0.2) is 18.1 Å². The Morgan fingerprint density at radius 2 is 2.19 bits per heavy atom. The van der Waals surface area contributed by atoms with E-state index in [1.54, 1.807) is 35.0 Å². The smallest absolute Gasteiger partial charge is 0.340 e. The predicted octanol–water partition coefficient (Wildman–Crippen LogP) is 3.41. The number of nitrogens with one attached hydrogen (secondary N) is 1. The first-order valence-corrected chi connectivity index (χ1v) is 7.14. The fourth-order valence-electron chi connectivity index (χ4n) is 2.07. The Balaban J connectivity index is 2.02. The summed E-state index contributed by atoms with van der Waals surface area (Å²) in [5, 5.41) is 3.19. The number of thiazole rings is 1. The zero-order valence-corrected chi connectivity index (χ0v) is 12.1. The van der Waals surface area contributed by atoms with Crippen LogP contribution in [0.25, 0.3) is 10.2 Å². The summed E-state index contributed by atoms with van der Waals surface area (Å²) in [5.41, 5.74) is 11.0. The minimum atomic E-state index is -0.427. The van der Waals surface area contributed by atoms with Crippen LogP contribution >= 0.6 is 11.3 Å². The number of hydrogen-bond donors (Lipinski definition) is 2. The number of methoxy groups -OCH3 is 1. The van der Waals surface area contributed by atoms with Gasteiger partial charge in [0.25, 0.3) is 0 Å². The van der Waals surface area contributed by atoms with E-state index in [0.717, 1.165) is 15.9 Å². The number of rotatable bonds is 3. The van der Waals surface area contributed by atoms with E-state index >= 15 is 0 Å². The van der Waals surface area contributed by atoms with Crippen molar-refractivity contribution in [3.8, 4) is 0 Å². The highest BCUT2D eigenvalue weighted by Gasteiger charge is 2.14. The Kier molecular flexibility index (Phi) is 3.45. The molecule has 0 spiro atoms. The first-order valence-electron chi connectivity index (χ1n) is 6.26. The maximum absolute atomic E-state index is 11.8. The molecule has 0 aliphatic heterocycles. The molecule has 5 nitrogen and oxygen atoms in total. The first kappa shape index (κ1) is 13.4. The Morgan fingerprint density at radius 3 is 3.00 bits per heavy atom. The maximum atomic E-state index is 11.8. The van der Waals surface area contributed by atoms with Crippen LogP contribution < -0.4 is 11.1 Å². The van der Waals surface area contributed by atoms with E-state index in [9.17, 15) is 4.79 Å². The van der Waals surface area contributed by atoms with Gasteiger partial charge in [0.15, 0.2) is 0 Å². The zero-order valence-electron chi connectivity index (χ0n) is 11.3. The highest BCUT2D eigenvalue weighted by molar-refractivity contribution is 7.16. The molecule has 2 aromatic carbocycles. The number of nitrogen functional groups attached to an aromatic ring is 1. The van der Waals surface area contributed by atoms with Crippen molar-refractivity contribution < 1.29 is 9.53 Å². The standard InChI is InChI=1S/C15H13N3O2S/c1-20-15(19)10-3-2-4-11(16)14(10)18-9-5-6-12-13(7-9)21-8-17-12/h2-8,18H,16H2,1H3. The second-order valence-electron chi connectivity index (χ2n) is 4.42. The predicted molar refractivity (Wildman–Crippen MR) is 85.1 cm³/mol. The SMILES string of the molecule is COC(=O)c1cccc(N)c1Nc1ccc2ncsc2c1. The van der Waals surface area contributed by atoms with Crippen molar-refractivity contribution in [2.45, 2.75) is 0 Å². The number of benzene rings is 2. The van der Waals surface area contributed by atoms with Gasteiger partial charge in [-0.15, -0.1) is 11.3 Å². The molecule has 0 fully saturated rings. The zero-order chi connectivity index (χ0) is 14.8. The van der Waals surface area contributed by atoms with Crippen molar-refractivity contribution in [2.24, 2.45) is 0 Å². The van der Waals surface area contributed by atoms with E-state index in [-0.39, 0.29) is 0 Å². The van der Waals surface area contributed by atoms with Gasteiger partial charge in [-0.25, -0.2) is 9.78 Å². The van der Waals surface area contributed by atoms with Gasteiger partial charge in [-0.2, -0.15) is 0 Å². The van der Waals surface area contributed by atoms with Crippen molar-refractivity contribution in [3.05, 3.63) is 47.5 Å². The van der Waals surface area contributed by atoms with E-state index in [1.807, 2.05) is 18.2 Å². The van der Waals surface area contributed by atoms with Gasteiger partial charge in [0.2, 0.25) is 0 Å². The third kappa shape index (κ3) is 2.53. The van der Waals surface area contributed by atoms with Gasteiger partial charge >= 0.3 is 5.97 Å². The number of fused-ring (bicyclic) bond motifs is 1. The summed E-state index contributed by atoms with van der Waals surface area (Å²) >= 11 is 1.56. The molecule has 0 radical (unpaired) electrons. The van der Waals surface area contributed by atoms with Gasteiger partial charge < -0.3 is 15.8 Å². The lowest BCUT2D eigenvalue weighted by Crippen LogP contribution is -2.07. The number of carbonyl (C=O) groups is 1. The second-order valence-corrected chi connectivity index (χ2v) is 5.31. The number of aromatic nitrogens is 1. The summed E-state index contributed by atoms with van der Waals surface area (Å²) in [5.74, 6) is -0.427. The highest BCUT2D eigenvalue weighted by Crippen LogP contribution is 2.30. The Hall–Kier alpha value is -2.60. The molecule has 3 rings (SSSR count). The van der Waals surface area contributed by atoms with E-state index in [2.05, 4.69) is 10.3 Å². The van der Waals surface area contributed by atoms with E-state index in [4.69, 9.17) is 10.5 Å². The van der Waals surface area contributed by atoms with Crippen molar-refractivity contribution in [1.82, 2.24) is 4.98 Å². The lowest BCUT2D eigenvalue weighted by atomic mass is 10.1. The van der Waals surface area contributed by atoms with Crippen LogP contribution in [0.15, 0.2) is 41.9 Å². The van der Waals surface area contributed by atoms with Crippen LogP contribution in [0.2, 0.25) is 0 Å². The molecule has 1 aromatic heterocycles. The average Bonchev–Trinajstić information content (AvgIpc) is 2.96. The number of hydrogen-bond acceptors (Lipinski definition) is 6. The van der Waals surface area contributed by atoms with Crippen LogP contribution in [-0.2, 0) is 4.74 Å². The van der Waals surface area contributed by atoms with E-state index < -0.39 is 5.97 Å². The lowest BCUT2D eigenvalue weighted by Gasteiger charge is -2.13. The Bertz CT molecular complexity index is 814. The molecular weight excluding hydrogens is 286 g/mol. The summed E-state index contributed by atoms with van der Waals surface area (Å²) in [7, 11) is 1.35. The number of nitrogens with two attached hydrogens (primary N) is 1. The number of para-hydroxylation sites is 1. The van der Waals surface area contributed by atoms with Gasteiger partial charge in [-0.05, 0) is 30.3 Å². The number of ether oxygens (including phenoxy) is 1. The van der Waals surface area contributed by atoms with Crippen molar-refractivity contribution >= 4 is 44.6 Å². The summed E-state index contributed by atoms with van der Waals surface area (Å²) in [4.78, 5) is 16.1. The minimum absolute atomic E-state index is 0.405. The largest absolute Gasteiger partial charge is 0.465 e. The molecule has 0 saturated carbocycles. The lowest BCUT2D eigenvalue weighted by molar-refractivity contribution is 0.0602. The molecule has 3 aromatic rings. The molecular formula is C15H13N3O2S. The molecule has 0 unspecified atom stereocenters. The maximum Gasteiger partial charge on any atom is 0.340 e. The monoisotopic (exact) mass is 299 g/mol. The Labute approximate surface area is 125 Å². The number of carbonyl (C=O) groups excluding carboxylic acids is 1. The third-order valence-corrected chi connectivity index (χ3v) is 3.89. The van der Waals surface area contributed by atoms with Crippen LogP contribution in [0, 0.1) is 0 Å². The van der Waals surface area contributed by atoms with Gasteiger partial charge in [0.05, 0.1) is 39.8 Å². The quantitative estimate of drug-likeness (QED) is 0.572. The van der Waals surface area contributed by atoms with Gasteiger partial charge in [0.1, 0.15) is 0 Å². The molecule has 3 N–H and O–H groups in total. The molecule has 0 saturated heterocycles. The fourth-order valence-corrected chi connectivity index (χ4v) is 2.78.